The highest BCUT2D eigenvalue weighted by Gasteiger charge is 2.12. The number of hydrogen-bond donors (Lipinski definition) is 1. The lowest BCUT2D eigenvalue weighted by molar-refractivity contribution is 0.0933. The van der Waals surface area contributed by atoms with Crippen LogP contribution in [0.25, 0.3) is 0 Å². The Morgan fingerprint density at radius 2 is 2.33 bits per heavy atom. The summed E-state index contributed by atoms with van der Waals surface area (Å²) in [5.41, 5.74) is -0.0568. The average Bonchev–Trinajstić information content (AvgIpc) is 2.22. The van der Waals surface area contributed by atoms with Gasteiger partial charge in [0.15, 0.2) is 5.82 Å². The van der Waals surface area contributed by atoms with Crippen molar-refractivity contribution < 1.29 is 13.9 Å². The predicted molar refractivity (Wildman–Crippen MR) is 55.6 cm³/mol. The van der Waals surface area contributed by atoms with E-state index in [1.54, 1.807) is 0 Å². The summed E-state index contributed by atoms with van der Waals surface area (Å²) in [6, 6.07) is 4.29. The highest BCUT2D eigenvalue weighted by atomic mass is 35.5. The molecule has 0 saturated carbocycles. The number of carbonyl (C=O) groups excluding carboxylic acids is 1. The number of carbonyl (C=O) groups is 1. The standard InChI is InChI=1S/C10H11ClFNO2/c1-15-6-5-13-10(14)7-3-2-4-8(11)9(7)12/h2-4H,5-6H2,1H3,(H,13,14). The van der Waals surface area contributed by atoms with Gasteiger partial charge in [0.05, 0.1) is 17.2 Å². The fourth-order valence-electron chi connectivity index (χ4n) is 1.04. The SMILES string of the molecule is COCCNC(=O)c1cccc(Cl)c1F. The van der Waals surface area contributed by atoms with Gasteiger partial charge in [0.1, 0.15) is 0 Å². The molecule has 0 aliphatic rings. The van der Waals surface area contributed by atoms with Crippen LogP contribution >= 0.6 is 11.6 Å². The molecule has 0 heterocycles. The predicted octanol–water partition coefficient (Wildman–Crippen LogP) is 1.86. The summed E-state index contributed by atoms with van der Waals surface area (Å²) < 4.78 is 18.1. The first-order valence-corrected chi connectivity index (χ1v) is 4.75. The van der Waals surface area contributed by atoms with Gasteiger partial charge < -0.3 is 10.1 Å². The van der Waals surface area contributed by atoms with E-state index in [2.05, 4.69) is 5.32 Å². The van der Waals surface area contributed by atoms with E-state index in [0.29, 0.717) is 13.2 Å². The highest BCUT2D eigenvalue weighted by molar-refractivity contribution is 6.31. The van der Waals surface area contributed by atoms with Crippen molar-refractivity contribution in [2.75, 3.05) is 20.3 Å². The van der Waals surface area contributed by atoms with E-state index >= 15 is 0 Å². The van der Waals surface area contributed by atoms with Crippen molar-refractivity contribution in [3.8, 4) is 0 Å². The number of hydrogen-bond acceptors (Lipinski definition) is 2. The summed E-state index contributed by atoms with van der Waals surface area (Å²) in [5.74, 6) is -1.19. The van der Waals surface area contributed by atoms with Crippen LogP contribution in [-0.2, 0) is 4.74 Å². The summed E-state index contributed by atoms with van der Waals surface area (Å²) in [6.07, 6.45) is 0. The van der Waals surface area contributed by atoms with E-state index in [4.69, 9.17) is 16.3 Å². The van der Waals surface area contributed by atoms with E-state index in [9.17, 15) is 9.18 Å². The van der Waals surface area contributed by atoms with Gasteiger partial charge in [-0.2, -0.15) is 0 Å². The van der Waals surface area contributed by atoms with E-state index in [0.717, 1.165) is 0 Å². The van der Waals surface area contributed by atoms with E-state index < -0.39 is 11.7 Å². The minimum Gasteiger partial charge on any atom is -0.383 e. The van der Waals surface area contributed by atoms with Gasteiger partial charge in [-0.25, -0.2) is 4.39 Å². The van der Waals surface area contributed by atoms with Crippen molar-refractivity contribution in [3.63, 3.8) is 0 Å². The quantitative estimate of drug-likeness (QED) is 0.804. The Kier molecular flexibility index (Phi) is 4.52. The van der Waals surface area contributed by atoms with Crippen LogP contribution in [-0.4, -0.2) is 26.2 Å². The van der Waals surface area contributed by atoms with Gasteiger partial charge in [-0.05, 0) is 12.1 Å². The van der Waals surface area contributed by atoms with Gasteiger partial charge in [0.25, 0.3) is 5.91 Å². The van der Waals surface area contributed by atoms with Gasteiger partial charge in [0, 0.05) is 13.7 Å². The molecule has 1 amide bonds. The fraction of sp³-hybridized carbons (Fsp3) is 0.300. The second-order valence-electron chi connectivity index (χ2n) is 2.85. The molecule has 15 heavy (non-hydrogen) atoms. The third kappa shape index (κ3) is 3.18. The topological polar surface area (TPSA) is 38.3 Å². The summed E-state index contributed by atoms with van der Waals surface area (Å²) in [4.78, 5) is 11.4. The lowest BCUT2D eigenvalue weighted by Crippen LogP contribution is -2.27. The van der Waals surface area contributed by atoms with E-state index in [1.807, 2.05) is 0 Å². The van der Waals surface area contributed by atoms with Crippen molar-refractivity contribution >= 4 is 17.5 Å². The second kappa shape index (κ2) is 5.68. The maximum Gasteiger partial charge on any atom is 0.254 e. The Labute approximate surface area is 92.2 Å². The van der Waals surface area contributed by atoms with Gasteiger partial charge >= 0.3 is 0 Å². The maximum atomic E-state index is 13.3. The third-order valence-electron chi connectivity index (χ3n) is 1.79. The maximum absolute atomic E-state index is 13.3. The van der Waals surface area contributed by atoms with Crippen molar-refractivity contribution in [3.05, 3.63) is 34.6 Å². The number of ether oxygens (including phenoxy) is 1. The molecule has 0 bridgehead atoms. The second-order valence-corrected chi connectivity index (χ2v) is 3.26. The first-order valence-electron chi connectivity index (χ1n) is 4.38. The summed E-state index contributed by atoms with van der Waals surface area (Å²) in [6.45, 7) is 0.717. The van der Waals surface area contributed by atoms with E-state index in [-0.39, 0.29) is 10.6 Å². The molecule has 1 rings (SSSR count). The molecule has 3 nitrogen and oxygen atoms in total. The van der Waals surface area contributed by atoms with Crippen LogP contribution in [0.15, 0.2) is 18.2 Å². The lowest BCUT2D eigenvalue weighted by Gasteiger charge is -2.05. The zero-order valence-electron chi connectivity index (χ0n) is 8.22. The van der Waals surface area contributed by atoms with Crippen LogP contribution in [0.3, 0.4) is 0 Å². The molecule has 1 aromatic rings. The molecule has 0 unspecified atom stereocenters. The van der Waals surface area contributed by atoms with Gasteiger partial charge in [-0.15, -0.1) is 0 Å². The zero-order valence-corrected chi connectivity index (χ0v) is 8.97. The van der Waals surface area contributed by atoms with Crippen LogP contribution in [0, 0.1) is 5.82 Å². The highest BCUT2D eigenvalue weighted by Crippen LogP contribution is 2.17. The molecule has 0 fully saturated rings. The number of benzene rings is 1. The summed E-state index contributed by atoms with van der Waals surface area (Å²) in [5, 5.41) is 2.44. The molecule has 0 radical (unpaired) electrons. The lowest BCUT2D eigenvalue weighted by atomic mass is 10.2. The summed E-state index contributed by atoms with van der Waals surface area (Å²) in [7, 11) is 1.52. The molecule has 0 saturated heterocycles. The van der Waals surface area contributed by atoms with Crippen LogP contribution in [0.5, 0.6) is 0 Å². The van der Waals surface area contributed by atoms with Crippen LogP contribution in [0.1, 0.15) is 10.4 Å². The monoisotopic (exact) mass is 231 g/mol. The molecular formula is C10H11ClFNO2. The average molecular weight is 232 g/mol. The molecule has 5 heteroatoms. The minimum atomic E-state index is -0.700. The molecule has 0 aliphatic heterocycles. The number of methoxy groups -OCH3 is 1. The normalized spacial score (nSPS) is 10.1. The molecule has 1 N–H and O–H groups in total. The van der Waals surface area contributed by atoms with Crippen molar-refractivity contribution in [1.29, 1.82) is 0 Å². The molecule has 0 spiro atoms. The van der Waals surface area contributed by atoms with Gasteiger partial charge in [-0.3, -0.25) is 4.79 Å². The van der Waals surface area contributed by atoms with E-state index in [1.165, 1.54) is 25.3 Å². The summed E-state index contributed by atoms with van der Waals surface area (Å²) >= 11 is 5.54. The molecule has 0 aromatic heterocycles. The molecular weight excluding hydrogens is 221 g/mol. The Morgan fingerprint density at radius 3 is 3.00 bits per heavy atom. The minimum absolute atomic E-state index is 0.0568. The van der Waals surface area contributed by atoms with Crippen molar-refractivity contribution in [1.82, 2.24) is 5.32 Å². The van der Waals surface area contributed by atoms with Crippen LogP contribution < -0.4 is 5.32 Å². The Morgan fingerprint density at radius 1 is 1.60 bits per heavy atom. The Bertz CT molecular complexity index is 357. The molecule has 0 aliphatic carbocycles. The number of nitrogens with one attached hydrogen (secondary N) is 1. The van der Waals surface area contributed by atoms with Gasteiger partial charge in [-0.1, -0.05) is 17.7 Å². The number of rotatable bonds is 4. The first kappa shape index (κ1) is 11.9. The number of halogens is 2. The van der Waals surface area contributed by atoms with Crippen LogP contribution in [0.4, 0.5) is 4.39 Å². The molecule has 82 valence electrons. The Balaban J connectivity index is 2.69. The smallest absolute Gasteiger partial charge is 0.254 e. The third-order valence-corrected chi connectivity index (χ3v) is 2.08. The van der Waals surface area contributed by atoms with Gasteiger partial charge in [0.2, 0.25) is 0 Å². The van der Waals surface area contributed by atoms with Crippen LogP contribution in [0.2, 0.25) is 5.02 Å². The zero-order chi connectivity index (χ0) is 11.3. The largest absolute Gasteiger partial charge is 0.383 e. The first-order chi connectivity index (χ1) is 7.16. The molecule has 0 atom stereocenters. The molecule has 1 aromatic carbocycles. The Hall–Kier alpha value is -1.13. The van der Waals surface area contributed by atoms with Crippen molar-refractivity contribution in [2.45, 2.75) is 0 Å². The fourth-order valence-corrected chi connectivity index (χ4v) is 1.22. The van der Waals surface area contributed by atoms with Crippen molar-refractivity contribution in [2.24, 2.45) is 0 Å². The number of amides is 1.